The first kappa shape index (κ1) is 17.3. The molecule has 2 rings (SSSR count). The Morgan fingerprint density at radius 1 is 1.09 bits per heavy atom. The quantitative estimate of drug-likeness (QED) is 0.887. The lowest BCUT2D eigenvalue weighted by Gasteiger charge is -2.13. The number of hydrogen-bond acceptors (Lipinski definition) is 3. The van der Waals surface area contributed by atoms with Crippen molar-refractivity contribution in [2.45, 2.75) is 18.7 Å². The molecule has 0 heterocycles. The van der Waals surface area contributed by atoms with Crippen molar-refractivity contribution in [2.75, 3.05) is 11.8 Å². The molecule has 0 bridgehead atoms. The molecule has 2 aromatic rings. The fourth-order valence-corrected chi connectivity index (χ4v) is 3.69. The van der Waals surface area contributed by atoms with Crippen LogP contribution in [0.15, 0.2) is 41.3 Å². The lowest BCUT2D eigenvalue weighted by molar-refractivity contribution is 0.0963. The standard InChI is InChI=1S/C16H17ClN2O3S/c1-10-4-5-11(2)14(8-10)19-23(21,22)15-9-12(16(20)18-3)6-7-13(15)17/h4-9,19H,1-3H3,(H,18,20). The molecule has 5 nitrogen and oxygen atoms in total. The third kappa shape index (κ3) is 3.83. The number of halogens is 1. The van der Waals surface area contributed by atoms with Crippen LogP contribution < -0.4 is 10.0 Å². The SMILES string of the molecule is CNC(=O)c1ccc(Cl)c(S(=O)(=O)Nc2cc(C)ccc2C)c1. The Morgan fingerprint density at radius 3 is 2.43 bits per heavy atom. The van der Waals surface area contributed by atoms with E-state index in [2.05, 4.69) is 10.0 Å². The number of aryl methyl sites for hydroxylation is 2. The summed E-state index contributed by atoms with van der Waals surface area (Å²) in [5, 5.41) is 2.50. The number of benzene rings is 2. The second kappa shape index (κ2) is 6.60. The van der Waals surface area contributed by atoms with E-state index in [0.29, 0.717) is 5.69 Å². The lowest BCUT2D eigenvalue weighted by Crippen LogP contribution is -2.19. The number of nitrogens with one attached hydrogen (secondary N) is 2. The highest BCUT2D eigenvalue weighted by molar-refractivity contribution is 7.92. The zero-order chi connectivity index (χ0) is 17.2. The van der Waals surface area contributed by atoms with Gasteiger partial charge in [0.15, 0.2) is 0 Å². The minimum absolute atomic E-state index is 0.0514. The number of amides is 1. The van der Waals surface area contributed by atoms with E-state index in [0.717, 1.165) is 11.1 Å². The molecule has 0 aliphatic carbocycles. The first-order valence-electron chi connectivity index (χ1n) is 6.86. The number of anilines is 1. The highest BCUT2D eigenvalue weighted by atomic mass is 35.5. The Labute approximate surface area is 140 Å². The summed E-state index contributed by atoms with van der Waals surface area (Å²) in [7, 11) is -2.44. The summed E-state index contributed by atoms with van der Waals surface area (Å²) in [4.78, 5) is 11.6. The topological polar surface area (TPSA) is 75.3 Å². The van der Waals surface area contributed by atoms with Gasteiger partial charge in [-0.15, -0.1) is 0 Å². The van der Waals surface area contributed by atoms with Crippen LogP contribution in [0.3, 0.4) is 0 Å². The average Bonchev–Trinajstić information content (AvgIpc) is 2.50. The first-order chi connectivity index (χ1) is 10.7. The van der Waals surface area contributed by atoms with Crippen molar-refractivity contribution >= 4 is 33.2 Å². The van der Waals surface area contributed by atoms with Crippen molar-refractivity contribution in [3.05, 3.63) is 58.1 Å². The van der Waals surface area contributed by atoms with Crippen molar-refractivity contribution in [3.8, 4) is 0 Å². The van der Waals surface area contributed by atoms with Crippen LogP contribution in [-0.2, 0) is 10.0 Å². The Balaban J connectivity index is 2.47. The molecular weight excluding hydrogens is 336 g/mol. The van der Waals surface area contributed by atoms with Crippen LogP contribution in [0.25, 0.3) is 0 Å². The van der Waals surface area contributed by atoms with Crippen LogP contribution in [0.5, 0.6) is 0 Å². The van der Waals surface area contributed by atoms with Gasteiger partial charge in [0.1, 0.15) is 4.90 Å². The second-order valence-electron chi connectivity index (χ2n) is 5.15. The summed E-state index contributed by atoms with van der Waals surface area (Å²) in [6.45, 7) is 3.68. The number of rotatable bonds is 4. The normalized spacial score (nSPS) is 11.1. The van der Waals surface area contributed by atoms with Crippen LogP contribution >= 0.6 is 11.6 Å². The van der Waals surface area contributed by atoms with Gasteiger partial charge in [-0.1, -0.05) is 23.7 Å². The Morgan fingerprint density at radius 2 is 1.78 bits per heavy atom. The molecule has 0 aromatic heterocycles. The number of hydrogen-bond donors (Lipinski definition) is 2. The van der Waals surface area contributed by atoms with E-state index in [-0.39, 0.29) is 21.4 Å². The van der Waals surface area contributed by atoms with Crippen LogP contribution in [-0.4, -0.2) is 21.4 Å². The molecule has 2 aromatic carbocycles. The van der Waals surface area contributed by atoms with Crippen molar-refractivity contribution in [1.29, 1.82) is 0 Å². The van der Waals surface area contributed by atoms with Crippen molar-refractivity contribution < 1.29 is 13.2 Å². The summed E-state index contributed by atoms with van der Waals surface area (Å²) < 4.78 is 27.8. The van der Waals surface area contributed by atoms with Gasteiger partial charge in [-0.25, -0.2) is 8.42 Å². The monoisotopic (exact) mass is 352 g/mol. The van der Waals surface area contributed by atoms with Crippen LogP contribution in [0.2, 0.25) is 5.02 Å². The summed E-state index contributed by atoms with van der Waals surface area (Å²) in [6, 6.07) is 9.59. The van der Waals surface area contributed by atoms with Crippen molar-refractivity contribution in [3.63, 3.8) is 0 Å². The highest BCUT2D eigenvalue weighted by Gasteiger charge is 2.21. The Bertz CT molecular complexity index is 864. The predicted molar refractivity (Wildman–Crippen MR) is 91.6 cm³/mol. The molecule has 122 valence electrons. The molecule has 7 heteroatoms. The third-order valence-corrected chi connectivity index (χ3v) is 5.19. The van der Waals surface area contributed by atoms with Crippen molar-refractivity contribution in [1.82, 2.24) is 5.32 Å². The molecule has 0 radical (unpaired) electrons. The van der Waals surface area contributed by atoms with Gasteiger partial charge in [0, 0.05) is 12.6 Å². The van der Waals surface area contributed by atoms with E-state index in [1.165, 1.54) is 25.2 Å². The molecular formula is C16H17ClN2O3S. The maximum atomic E-state index is 12.6. The van der Waals surface area contributed by atoms with Crippen molar-refractivity contribution in [2.24, 2.45) is 0 Å². The maximum absolute atomic E-state index is 12.6. The van der Waals surface area contributed by atoms with E-state index >= 15 is 0 Å². The fourth-order valence-electron chi connectivity index (χ4n) is 2.04. The van der Waals surface area contributed by atoms with Gasteiger partial charge in [0.2, 0.25) is 0 Å². The number of sulfonamides is 1. The van der Waals surface area contributed by atoms with E-state index in [1.54, 1.807) is 13.0 Å². The zero-order valence-corrected chi connectivity index (χ0v) is 14.5. The summed E-state index contributed by atoms with van der Waals surface area (Å²) >= 11 is 6.02. The van der Waals surface area contributed by atoms with Gasteiger partial charge in [-0.3, -0.25) is 9.52 Å². The zero-order valence-electron chi connectivity index (χ0n) is 13.0. The number of carbonyl (C=O) groups excluding carboxylic acids is 1. The molecule has 0 atom stereocenters. The fraction of sp³-hybridized carbons (Fsp3) is 0.188. The molecule has 0 saturated heterocycles. The predicted octanol–water partition coefficient (Wildman–Crippen LogP) is 3.12. The molecule has 0 aliphatic heterocycles. The molecule has 23 heavy (non-hydrogen) atoms. The van der Waals surface area contributed by atoms with Crippen LogP contribution in [0, 0.1) is 13.8 Å². The van der Waals surface area contributed by atoms with Gasteiger partial charge in [0.25, 0.3) is 15.9 Å². The summed E-state index contributed by atoms with van der Waals surface area (Å²) in [5.74, 6) is -0.384. The molecule has 1 amide bonds. The van der Waals surface area contributed by atoms with Gasteiger partial charge in [0.05, 0.1) is 10.7 Å². The molecule has 0 spiro atoms. The molecule has 2 N–H and O–H groups in total. The summed E-state index contributed by atoms with van der Waals surface area (Å²) in [5.41, 5.74) is 2.42. The largest absolute Gasteiger partial charge is 0.355 e. The molecule has 0 unspecified atom stereocenters. The lowest BCUT2D eigenvalue weighted by atomic mass is 10.1. The molecule has 0 saturated carbocycles. The van der Waals surface area contributed by atoms with E-state index in [1.807, 2.05) is 19.1 Å². The highest BCUT2D eigenvalue weighted by Crippen LogP contribution is 2.26. The second-order valence-corrected chi connectivity index (χ2v) is 7.21. The first-order valence-corrected chi connectivity index (χ1v) is 8.72. The van der Waals surface area contributed by atoms with E-state index in [9.17, 15) is 13.2 Å². The Kier molecular flexibility index (Phi) is 4.97. The molecule has 0 aliphatic rings. The van der Waals surface area contributed by atoms with Gasteiger partial charge >= 0.3 is 0 Å². The van der Waals surface area contributed by atoms with Crippen LogP contribution in [0.1, 0.15) is 21.5 Å². The Hall–Kier alpha value is -2.05. The number of carbonyl (C=O) groups is 1. The van der Waals surface area contributed by atoms with Gasteiger partial charge < -0.3 is 5.32 Å². The molecule has 0 fully saturated rings. The van der Waals surface area contributed by atoms with E-state index in [4.69, 9.17) is 11.6 Å². The van der Waals surface area contributed by atoms with Gasteiger partial charge in [-0.05, 0) is 49.2 Å². The minimum Gasteiger partial charge on any atom is -0.355 e. The average molecular weight is 353 g/mol. The summed E-state index contributed by atoms with van der Waals surface area (Å²) in [6.07, 6.45) is 0. The van der Waals surface area contributed by atoms with E-state index < -0.39 is 10.0 Å². The van der Waals surface area contributed by atoms with Crippen LogP contribution in [0.4, 0.5) is 5.69 Å². The van der Waals surface area contributed by atoms with Gasteiger partial charge in [-0.2, -0.15) is 0 Å². The smallest absolute Gasteiger partial charge is 0.263 e. The maximum Gasteiger partial charge on any atom is 0.263 e. The third-order valence-electron chi connectivity index (χ3n) is 3.35. The minimum atomic E-state index is -3.91.